The summed E-state index contributed by atoms with van der Waals surface area (Å²) in [5, 5.41) is 13.6. The number of benzene rings is 2. The second-order valence-corrected chi connectivity index (χ2v) is 5.84. The minimum atomic E-state index is -0.502. The number of rotatable bonds is 4. The van der Waals surface area contributed by atoms with Crippen molar-refractivity contribution in [3.8, 4) is 0 Å². The average Bonchev–Trinajstić information content (AvgIpc) is 2.94. The number of halogens is 1. The van der Waals surface area contributed by atoms with Crippen LogP contribution in [0, 0.1) is 15.9 Å². The molecule has 0 unspecified atom stereocenters. The minimum absolute atomic E-state index is 0.0502. The predicted molar refractivity (Wildman–Crippen MR) is 90.3 cm³/mol. The Balaban J connectivity index is 1.72. The van der Waals surface area contributed by atoms with E-state index in [4.69, 9.17) is 0 Å². The fourth-order valence-corrected chi connectivity index (χ4v) is 2.91. The van der Waals surface area contributed by atoms with Gasteiger partial charge in [0.05, 0.1) is 15.1 Å². The zero-order valence-corrected chi connectivity index (χ0v) is 12.9. The van der Waals surface area contributed by atoms with Gasteiger partial charge in [-0.1, -0.05) is 23.5 Å². The summed E-state index contributed by atoms with van der Waals surface area (Å²) in [4.78, 5) is 26.3. The summed E-state index contributed by atoms with van der Waals surface area (Å²) in [5.41, 5.74) is 1.08. The van der Waals surface area contributed by atoms with E-state index >= 15 is 0 Å². The second kappa shape index (κ2) is 6.55. The van der Waals surface area contributed by atoms with Gasteiger partial charge in [0.15, 0.2) is 5.13 Å². The van der Waals surface area contributed by atoms with Gasteiger partial charge in [-0.2, -0.15) is 0 Å². The second-order valence-electron chi connectivity index (χ2n) is 4.81. The Morgan fingerprint density at radius 2 is 2.12 bits per heavy atom. The maximum atomic E-state index is 13.1. The maximum Gasteiger partial charge on any atom is 0.270 e. The van der Waals surface area contributed by atoms with Gasteiger partial charge in [0.2, 0.25) is 5.91 Å². The number of carbonyl (C=O) groups is 1. The van der Waals surface area contributed by atoms with Crippen molar-refractivity contribution in [2.45, 2.75) is 0 Å². The zero-order chi connectivity index (χ0) is 17.1. The molecular weight excluding hydrogens is 333 g/mol. The standard InChI is InChI=1S/C16H10FN3O3S/c17-11-5-6-13-14(9-11)24-16(18-13)19-15(21)7-4-10-2-1-3-12(8-10)20(22)23/h1-9H,(H,18,19,21)/b7-4+. The molecule has 1 N–H and O–H groups in total. The van der Waals surface area contributed by atoms with Gasteiger partial charge in [-0.05, 0) is 29.8 Å². The summed E-state index contributed by atoms with van der Waals surface area (Å²) in [7, 11) is 0. The topological polar surface area (TPSA) is 85.1 Å². The van der Waals surface area contributed by atoms with Crippen LogP contribution < -0.4 is 5.32 Å². The van der Waals surface area contributed by atoms with Crippen LogP contribution in [-0.4, -0.2) is 15.8 Å². The molecule has 1 aromatic heterocycles. The third kappa shape index (κ3) is 3.61. The van der Waals surface area contributed by atoms with Crippen LogP contribution >= 0.6 is 11.3 Å². The summed E-state index contributed by atoms with van der Waals surface area (Å²) in [6.45, 7) is 0. The smallest absolute Gasteiger partial charge is 0.270 e. The van der Waals surface area contributed by atoms with E-state index in [0.29, 0.717) is 20.9 Å². The van der Waals surface area contributed by atoms with E-state index in [0.717, 1.165) is 11.3 Å². The number of fused-ring (bicyclic) bond motifs is 1. The molecule has 6 nitrogen and oxygen atoms in total. The highest BCUT2D eigenvalue weighted by Gasteiger charge is 2.07. The van der Waals surface area contributed by atoms with Crippen molar-refractivity contribution in [2.24, 2.45) is 0 Å². The summed E-state index contributed by atoms with van der Waals surface area (Å²) in [5.74, 6) is -0.796. The number of nitrogens with one attached hydrogen (secondary N) is 1. The van der Waals surface area contributed by atoms with Gasteiger partial charge >= 0.3 is 0 Å². The first kappa shape index (κ1) is 15.8. The number of aromatic nitrogens is 1. The quantitative estimate of drug-likeness (QED) is 0.441. The maximum absolute atomic E-state index is 13.1. The van der Waals surface area contributed by atoms with Crippen molar-refractivity contribution in [3.05, 3.63) is 70.0 Å². The first-order valence-electron chi connectivity index (χ1n) is 6.81. The molecule has 2 aromatic carbocycles. The number of non-ortho nitro benzene ring substituents is 1. The van der Waals surface area contributed by atoms with Gasteiger partial charge in [0, 0.05) is 18.2 Å². The number of nitro benzene ring substituents is 1. The number of nitro groups is 1. The first-order valence-corrected chi connectivity index (χ1v) is 7.62. The fraction of sp³-hybridized carbons (Fsp3) is 0. The number of hydrogen-bond donors (Lipinski definition) is 1. The van der Waals surface area contributed by atoms with Crippen molar-refractivity contribution in [2.75, 3.05) is 5.32 Å². The van der Waals surface area contributed by atoms with Gasteiger partial charge in [-0.25, -0.2) is 9.37 Å². The van der Waals surface area contributed by atoms with Crippen LogP contribution in [0.2, 0.25) is 0 Å². The Kier molecular flexibility index (Phi) is 4.30. The van der Waals surface area contributed by atoms with E-state index in [2.05, 4.69) is 10.3 Å². The Hall–Kier alpha value is -3.13. The summed E-state index contributed by atoms with van der Waals surface area (Å²) >= 11 is 1.16. The molecule has 0 radical (unpaired) electrons. The molecular formula is C16H10FN3O3S. The summed E-state index contributed by atoms with van der Waals surface area (Å²) in [6, 6.07) is 10.1. The monoisotopic (exact) mass is 343 g/mol. The van der Waals surface area contributed by atoms with Crippen LogP contribution in [0.15, 0.2) is 48.5 Å². The molecule has 24 heavy (non-hydrogen) atoms. The van der Waals surface area contributed by atoms with Crippen molar-refractivity contribution in [1.82, 2.24) is 4.98 Å². The van der Waals surface area contributed by atoms with Crippen LogP contribution in [0.5, 0.6) is 0 Å². The predicted octanol–water partition coefficient (Wildman–Crippen LogP) is 4.00. The molecule has 0 aliphatic rings. The highest BCUT2D eigenvalue weighted by atomic mass is 32.1. The van der Waals surface area contributed by atoms with E-state index in [-0.39, 0.29) is 11.5 Å². The lowest BCUT2D eigenvalue weighted by molar-refractivity contribution is -0.384. The molecule has 0 saturated carbocycles. The zero-order valence-electron chi connectivity index (χ0n) is 12.1. The van der Waals surface area contributed by atoms with Crippen LogP contribution in [0.4, 0.5) is 15.2 Å². The molecule has 0 saturated heterocycles. The van der Waals surface area contributed by atoms with Gasteiger partial charge in [0.25, 0.3) is 5.69 Å². The van der Waals surface area contributed by atoms with Crippen molar-refractivity contribution >= 4 is 44.4 Å². The molecule has 3 rings (SSSR count). The van der Waals surface area contributed by atoms with Crippen LogP contribution in [0.1, 0.15) is 5.56 Å². The van der Waals surface area contributed by atoms with E-state index in [9.17, 15) is 19.3 Å². The average molecular weight is 343 g/mol. The van der Waals surface area contributed by atoms with Crippen molar-refractivity contribution < 1.29 is 14.1 Å². The lowest BCUT2D eigenvalue weighted by Gasteiger charge is -1.96. The van der Waals surface area contributed by atoms with E-state index in [1.165, 1.54) is 48.6 Å². The molecule has 0 aliphatic carbocycles. The highest BCUT2D eigenvalue weighted by molar-refractivity contribution is 7.22. The van der Waals surface area contributed by atoms with Crippen molar-refractivity contribution in [1.29, 1.82) is 0 Å². The molecule has 0 fully saturated rings. The molecule has 3 aromatic rings. The number of anilines is 1. The Labute approximate surface area is 139 Å². The molecule has 120 valence electrons. The number of hydrogen-bond acceptors (Lipinski definition) is 5. The third-order valence-electron chi connectivity index (χ3n) is 3.09. The lowest BCUT2D eigenvalue weighted by atomic mass is 10.2. The normalized spacial score (nSPS) is 11.0. The first-order chi connectivity index (χ1) is 11.5. The molecule has 0 aliphatic heterocycles. The largest absolute Gasteiger partial charge is 0.298 e. The molecule has 0 atom stereocenters. The lowest BCUT2D eigenvalue weighted by Crippen LogP contribution is -2.07. The Morgan fingerprint density at radius 1 is 1.29 bits per heavy atom. The van der Waals surface area contributed by atoms with E-state index in [1.54, 1.807) is 6.07 Å². The summed E-state index contributed by atoms with van der Waals surface area (Å²) < 4.78 is 13.8. The number of amides is 1. The van der Waals surface area contributed by atoms with Gasteiger partial charge < -0.3 is 0 Å². The molecule has 0 spiro atoms. The van der Waals surface area contributed by atoms with Crippen LogP contribution in [0.25, 0.3) is 16.3 Å². The number of carbonyl (C=O) groups excluding carboxylic acids is 1. The summed E-state index contributed by atoms with van der Waals surface area (Å²) in [6.07, 6.45) is 2.72. The SMILES string of the molecule is O=C(/C=C/c1cccc([N+](=O)[O-])c1)Nc1nc2ccc(F)cc2s1. The molecule has 1 heterocycles. The molecule has 8 heteroatoms. The number of thiazole rings is 1. The fourth-order valence-electron chi connectivity index (χ4n) is 2.01. The highest BCUT2D eigenvalue weighted by Crippen LogP contribution is 2.26. The Bertz CT molecular complexity index is 968. The van der Waals surface area contributed by atoms with Crippen LogP contribution in [0.3, 0.4) is 0 Å². The van der Waals surface area contributed by atoms with Crippen molar-refractivity contribution in [3.63, 3.8) is 0 Å². The minimum Gasteiger partial charge on any atom is -0.298 e. The van der Waals surface area contributed by atoms with Crippen LogP contribution in [-0.2, 0) is 4.79 Å². The van der Waals surface area contributed by atoms with Gasteiger partial charge in [-0.3, -0.25) is 20.2 Å². The van der Waals surface area contributed by atoms with Gasteiger partial charge in [0.1, 0.15) is 5.82 Å². The van der Waals surface area contributed by atoms with E-state index in [1.807, 2.05) is 0 Å². The Morgan fingerprint density at radius 3 is 2.92 bits per heavy atom. The van der Waals surface area contributed by atoms with Gasteiger partial charge in [-0.15, -0.1) is 0 Å². The molecule has 1 amide bonds. The number of nitrogens with zero attached hydrogens (tertiary/aromatic N) is 2. The third-order valence-corrected chi connectivity index (χ3v) is 4.02. The van der Waals surface area contributed by atoms with E-state index < -0.39 is 10.8 Å². The molecule has 0 bridgehead atoms.